The molecule has 1 aromatic heterocycles. The first-order chi connectivity index (χ1) is 18.7. The molecule has 9 heteroatoms. The van der Waals surface area contributed by atoms with Gasteiger partial charge in [-0.25, -0.2) is 4.98 Å². The van der Waals surface area contributed by atoms with Crippen molar-refractivity contribution in [1.82, 2.24) is 20.1 Å². The highest BCUT2D eigenvalue weighted by atomic mass is 16.3. The Morgan fingerprint density at radius 3 is 2.62 bits per heavy atom. The predicted molar refractivity (Wildman–Crippen MR) is 144 cm³/mol. The lowest BCUT2D eigenvalue weighted by Gasteiger charge is -2.35. The van der Waals surface area contributed by atoms with Crippen molar-refractivity contribution >= 4 is 17.7 Å². The molecule has 0 aliphatic carbocycles. The maximum atomic E-state index is 13.9. The molecule has 2 aliphatic heterocycles. The van der Waals surface area contributed by atoms with Crippen molar-refractivity contribution in [2.24, 2.45) is 5.92 Å². The summed E-state index contributed by atoms with van der Waals surface area (Å²) in [6, 6.07) is 11.7. The molecular weight excluding hydrogens is 496 g/mol. The Morgan fingerprint density at radius 2 is 1.95 bits per heavy atom. The SMILES string of the molecule is Cc1cc(-c2ocnc2C)ccc1CNC(=O)C1CC(O)CN1C(=O)C(C(C)C)N1Cc2ccccc2C1=O. The number of hydrogen-bond acceptors (Lipinski definition) is 6. The van der Waals surface area contributed by atoms with Gasteiger partial charge in [-0.3, -0.25) is 14.4 Å². The van der Waals surface area contributed by atoms with Crippen molar-refractivity contribution in [3.8, 4) is 11.3 Å². The van der Waals surface area contributed by atoms with E-state index in [0.717, 1.165) is 27.9 Å². The Morgan fingerprint density at radius 1 is 1.18 bits per heavy atom. The Hall–Kier alpha value is -3.98. The van der Waals surface area contributed by atoms with Gasteiger partial charge in [-0.2, -0.15) is 0 Å². The second kappa shape index (κ2) is 10.6. The molecule has 0 spiro atoms. The highest BCUT2D eigenvalue weighted by Crippen LogP contribution is 2.30. The zero-order chi connectivity index (χ0) is 27.8. The van der Waals surface area contributed by atoms with Crippen molar-refractivity contribution in [2.45, 2.75) is 65.4 Å². The minimum Gasteiger partial charge on any atom is -0.443 e. The van der Waals surface area contributed by atoms with Crippen LogP contribution < -0.4 is 5.32 Å². The summed E-state index contributed by atoms with van der Waals surface area (Å²) in [5.74, 6) is -0.287. The van der Waals surface area contributed by atoms with E-state index >= 15 is 0 Å². The van der Waals surface area contributed by atoms with Crippen LogP contribution in [0.3, 0.4) is 0 Å². The number of hydrogen-bond donors (Lipinski definition) is 2. The quantitative estimate of drug-likeness (QED) is 0.485. The molecular formula is C30H34N4O5. The number of nitrogens with zero attached hydrogens (tertiary/aromatic N) is 3. The van der Waals surface area contributed by atoms with E-state index in [1.807, 2.05) is 64.1 Å². The summed E-state index contributed by atoms with van der Waals surface area (Å²) >= 11 is 0. The van der Waals surface area contributed by atoms with E-state index in [0.29, 0.717) is 17.9 Å². The second-order valence-corrected chi connectivity index (χ2v) is 10.8. The number of aryl methyl sites for hydroxylation is 2. The van der Waals surface area contributed by atoms with Gasteiger partial charge in [0.05, 0.1) is 11.8 Å². The number of aromatic nitrogens is 1. The molecule has 3 atom stereocenters. The number of carbonyl (C=O) groups is 3. The van der Waals surface area contributed by atoms with Crippen LogP contribution in [0.4, 0.5) is 0 Å². The fraction of sp³-hybridized carbons (Fsp3) is 0.400. The van der Waals surface area contributed by atoms with E-state index in [1.165, 1.54) is 11.3 Å². The van der Waals surface area contributed by atoms with Crippen LogP contribution in [-0.2, 0) is 22.7 Å². The van der Waals surface area contributed by atoms with E-state index in [4.69, 9.17) is 4.42 Å². The van der Waals surface area contributed by atoms with Crippen molar-refractivity contribution in [2.75, 3.05) is 6.54 Å². The van der Waals surface area contributed by atoms with Gasteiger partial charge in [0, 0.05) is 37.2 Å². The first-order valence-electron chi connectivity index (χ1n) is 13.3. The Labute approximate surface area is 227 Å². The van der Waals surface area contributed by atoms with Crippen molar-refractivity contribution in [3.63, 3.8) is 0 Å². The first-order valence-corrected chi connectivity index (χ1v) is 13.3. The summed E-state index contributed by atoms with van der Waals surface area (Å²) in [4.78, 5) is 47.5. The molecule has 9 nitrogen and oxygen atoms in total. The summed E-state index contributed by atoms with van der Waals surface area (Å²) in [5, 5.41) is 13.4. The van der Waals surface area contributed by atoms with E-state index in [2.05, 4.69) is 10.3 Å². The summed E-state index contributed by atoms with van der Waals surface area (Å²) in [6.07, 6.45) is 0.758. The number of aliphatic hydroxyl groups excluding tert-OH is 1. The fourth-order valence-electron chi connectivity index (χ4n) is 5.67. The highest BCUT2D eigenvalue weighted by molar-refractivity contribution is 6.01. The highest BCUT2D eigenvalue weighted by Gasteiger charge is 2.45. The number of oxazole rings is 1. The average Bonchev–Trinajstić information content (AvgIpc) is 3.60. The number of likely N-dealkylation sites (tertiary alicyclic amines) is 1. The minimum absolute atomic E-state index is 0.0549. The predicted octanol–water partition coefficient (Wildman–Crippen LogP) is 3.22. The van der Waals surface area contributed by atoms with Gasteiger partial charge < -0.3 is 24.6 Å². The molecule has 5 rings (SSSR count). The van der Waals surface area contributed by atoms with Gasteiger partial charge in [-0.1, -0.05) is 44.2 Å². The Bertz CT molecular complexity index is 1410. The van der Waals surface area contributed by atoms with Crippen LogP contribution in [0.15, 0.2) is 53.3 Å². The van der Waals surface area contributed by atoms with Crippen LogP contribution in [0.1, 0.15) is 53.0 Å². The molecule has 204 valence electrons. The first kappa shape index (κ1) is 26.6. The van der Waals surface area contributed by atoms with Crippen LogP contribution >= 0.6 is 0 Å². The summed E-state index contributed by atoms with van der Waals surface area (Å²) in [6.45, 7) is 8.32. The minimum atomic E-state index is -0.815. The Kier molecular flexibility index (Phi) is 7.27. The molecule has 0 radical (unpaired) electrons. The number of carbonyl (C=O) groups excluding carboxylic acids is 3. The van der Waals surface area contributed by atoms with Crippen molar-refractivity contribution in [1.29, 1.82) is 0 Å². The smallest absolute Gasteiger partial charge is 0.255 e. The molecule has 0 bridgehead atoms. The summed E-state index contributed by atoms with van der Waals surface area (Å²) in [7, 11) is 0. The lowest BCUT2D eigenvalue weighted by Crippen LogP contribution is -2.55. The molecule has 2 aliphatic rings. The molecule has 2 N–H and O–H groups in total. The average molecular weight is 531 g/mol. The number of nitrogens with one attached hydrogen (secondary N) is 1. The molecule has 3 aromatic rings. The molecule has 1 fully saturated rings. The van der Waals surface area contributed by atoms with Gasteiger partial charge in [0.15, 0.2) is 12.2 Å². The summed E-state index contributed by atoms with van der Waals surface area (Å²) < 4.78 is 5.49. The normalized spacial score (nSPS) is 19.5. The van der Waals surface area contributed by atoms with Crippen LogP contribution in [-0.4, -0.2) is 62.3 Å². The number of aliphatic hydroxyl groups is 1. The van der Waals surface area contributed by atoms with Crippen molar-refractivity contribution in [3.05, 3.63) is 76.8 Å². The lowest BCUT2D eigenvalue weighted by molar-refractivity contribution is -0.143. The molecule has 2 aromatic carbocycles. The van der Waals surface area contributed by atoms with Crippen LogP contribution in [0.2, 0.25) is 0 Å². The van der Waals surface area contributed by atoms with Crippen LogP contribution in [0.25, 0.3) is 11.3 Å². The largest absolute Gasteiger partial charge is 0.443 e. The molecule has 39 heavy (non-hydrogen) atoms. The maximum absolute atomic E-state index is 13.9. The number of rotatable bonds is 7. The van der Waals surface area contributed by atoms with Crippen LogP contribution in [0.5, 0.6) is 0 Å². The third kappa shape index (κ3) is 5.06. The standard InChI is InChI=1S/C30H34N4O5/c1-17(2)26(34-14-22-7-5-6-8-24(22)29(34)37)30(38)33-15-23(35)12-25(33)28(36)31-13-21-10-9-20(11-18(21)3)27-19(4)32-16-39-27/h5-11,16-17,23,25-26,35H,12-15H2,1-4H3,(H,31,36). The van der Waals surface area contributed by atoms with Crippen LogP contribution in [0, 0.1) is 19.8 Å². The van der Waals surface area contributed by atoms with E-state index in [9.17, 15) is 19.5 Å². The van der Waals surface area contributed by atoms with E-state index < -0.39 is 18.2 Å². The van der Waals surface area contributed by atoms with Gasteiger partial charge in [0.25, 0.3) is 5.91 Å². The molecule has 3 unspecified atom stereocenters. The summed E-state index contributed by atoms with van der Waals surface area (Å²) in [5.41, 5.74) is 5.12. The zero-order valence-corrected chi connectivity index (χ0v) is 22.7. The topological polar surface area (TPSA) is 116 Å². The molecule has 3 heterocycles. The second-order valence-electron chi connectivity index (χ2n) is 10.8. The number of fused-ring (bicyclic) bond motifs is 1. The number of benzene rings is 2. The monoisotopic (exact) mass is 530 g/mol. The third-order valence-electron chi connectivity index (χ3n) is 7.74. The van der Waals surface area contributed by atoms with Gasteiger partial charge in [-0.15, -0.1) is 0 Å². The fourth-order valence-corrected chi connectivity index (χ4v) is 5.67. The van der Waals surface area contributed by atoms with Gasteiger partial charge in [-0.05, 0) is 48.6 Å². The molecule has 0 saturated carbocycles. The maximum Gasteiger partial charge on any atom is 0.255 e. The van der Waals surface area contributed by atoms with Crippen molar-refractivity contribution < 1.29 is 23.9 Å². The van der Waals surface area contributed by atoms with Gasteiger partial charge >= 0.3 is 0 Å². The molecule has 3 amide bonds. The molecule has 1 saturated heterocycles. The third-order valence-corrected chi connectivity index (χ3v) is 7.74. The number of amides is 3. The lowest BCUT2D eigenvalue weighted by atomic mass is 10.00. The van der Waals surface area contributed by atoms with Gasteiger partial charge in [0.2, 0.25) is 11.8 Å². The van der Waals surface area contributed by atoms with Gasteiger partial charge in [0.1, 0.15) is 12.1 Å². The Balaban J connectivity index is 1.29. The van der Waals surface area contributed by atoms with E-state index in [1.54, 1.807) is 11.0 Å². The zero-order valence-electron chi connectivity index (χ0n) is 22.7. The number of β-amino-alcohol motifs (C(OH)–C–C–N with tert-alkyl or cyclic N) is 1. The van der Waals surface area contributed by atoms with E-state index in [-0.39, 0.29) is 43.1 Å².